The maximum atomic E-state index is 5.05. The number of benzene rings is 6. The van der Waals surface area contributed by atoms with Crippen LogP contribution in [0.2, 0.25) is 0 Å². The number of anilines is 5. The van der Waals surface area contributed by atoms with Crippen LogP contribution in [-0.2, 0) is 6.42 Å². The molecule has 2 aliphatic carbocycles. The highest BCUT2D eigenvalue weighted by molar-refractivity contribution is 6.12. The average Bonchev–Trinajstić information content (AvgIpc) is 3.14. The molecule has 3 nitrogen and oxygen atoms in total. The van der Waals surface area contributed by atoms with Gasteiger partial charge in [0.25, 0.3) is 0 Å². The van der Waals surface area contributed by atoms with Gasteiger partial charge in [0.1, 0.15) is 5.82 Å². The monoisotopic (exact) mass is 617 g/mol. The van der Waals surface area contributed by atoms with Crippen molar-refractivity contribution in [1.82, 2.24) is 4.98 Å². The number of rotatable bonds is 6. The zero-order valence-corrected chi connectivity index (χ0v) is 27.1. The fraction of sp³-hybridized carbons (Fsp3) is 0.0889. The number of para-hydroxylation sites is 3. The molecule has 7 aromatic rings. The summed E-state index contributed by atoms with van der Waals surface area (Å²) in [5, 5.41) is 4.92. The van der Waals surface area contributed by atoms with Gasteiger partial charge in [0.15, 0.2) is 0 Å². The summed E-state index contributed by atoms with van der Waals surface area (Å²) in [5.41, 5.74) is 12.7. The van der Waals surface area contributed by atoms with Crippen LogP contribution in [0.5, 0.6) is 0 Å². The fourth-order valence-electron chi connectivity index (χ4n) is 7.80. The van der Waals surface area contributed by atoms with Gasteiger partial charge in [0, 0.05) is 34.0 Å². The van der Waals surface area contributed by atoms with Crippen LogP contribution < -0.4 is 9.80 Å². The first-order chi connectivity index (χ1) is 23.7. The molecule has 0 saturated carbocycles. The van der Waals surface area contributed by atoms with Crippen LogP contribution in [0.25, 0.3) is 32.7 Å². The smallest absolute Gasteiger partial charge is 0.138 e. The van der Waals surface area contributed by atoms with E-state index in [1.165, 1.54) is 60.9 Å². The zero-order valence-electron chi connectivity index (χ0n) is 27.1. The topological polar surface area (TPSA) is 19.4 Å². The van der Waals surface area contributed by atoms with Crippen LogP contribution in [0.4, 0.5) is 28.6 Å². The molecule has 0 radical (unpaired) electrons. The number of pyridine rings is 1. The SMILES string of the molecule is CC1=CC(N(c2ccccc2)c2ccccc2)C2=CCc3c(C)cc(N(c4ccccc4)c4cc5ccccc5cn4)c4ccc1c2c34. The van der Waals surface area contributed by atoms with Gasteiger partial charge in [-0.3, -0.25) is 4.90 Å². The summed E-state index contributed by atoms with van der Waals surface area (Å²) in [6.45, 7) is 4.55. The predicted octanol–water partition coefficient (Wildman–Crippen LogP) is 11.7. The highest BCUT2D eigenvalue weighted by Gasteiger charge is 2.34. The number of allylic oxidation sites excluding steroid dienone is 2. The number of nitrogens with zero attached hydrogens (tertiary/aromatic N) is 3. The van der Waals surface area contributed by atoms with E-state index in [1.54, 1.807) is 0 Å². The standard InChI is InChI=1S/C45H35N3/c1-30-26-41(47(34-16-6-3-7-17-34)35-18-8-4-9-19-35)39-24-22-38-31(2)27-42(40-25-23-37(30)44(39)45(38)40)48(36-20-10-5-11-21-36)43-28-32-14-12-13-15-33(32)29-46-43/h3-21,23-29,41H,22H2,1-2H3. The first-order valence-corrected chi connectivity index (χ1v) is 16.7. The Morgan fingerprint density at radius 1 is 0.646 bits per heavy atom. The van der Waals surface area contributed by atoms with E-state index < -0.39 is 0 Å². The minimum absolute atomic E-state index is 0.0531. The lowest BCUT2D eigenvalue weighted by atomic mass is 9.75. The largest absolute Gasteiger partial charge is 0.330 e. The summed E-state index contributed by atoms with van der Waals surface area (Å²) in [6.07, 6.45) is 7.84. The zero-order chi connectivity index (χ0) is 32.2. The molecule has 1 heterocycles. The minimum Gasteiger partial charge on any atom is -0.330 e. The van der Waals surface area contributed by atoms with Gasteiger partial charge in [0.05, 0.1) is 11.7 Å². The second-order valence-corrected chi connectivity index (χ2v) is 12.9. The van der Waals surface area contributed by atoms with Gasteiger partial charge in [0.2, 0.25) is 0 Å². The molecule has 230 valence electrons. The Morgan fingerprint density at radius 2 is 1.27 bits per heavy atom. The van der Waals surface area contributed by atoms with Crippen molar-refractivity contribution < 1.29 is 0 Å². The van der Waals surface area contributed by atoms with Crippen molar-refractivity contribution in [3.63, 3.8) is 0 Å². The van der Waals surface area contributed by atoms with E-state index in [1.807, 2.05) is 6.20 Å². The second-order valence-electron chi connectivity index (χ2n) is 12.9. The van der Waals surface area contributed by atoms with Gasteiger partial charge in [-0.05, 0) is 113 Å². The Morgan fingerprint density at radius 3 is 1.96 bits per heavy atom. The van der Waals surface area contributed by atoms with Crippen molar-refractivity contribution in [2.24, 2.45) is 0 Å². The lowest BCUT2D eigenvalue weighted by Crippen LogP contribution is -2.33. The predicted molar refractivity (Wildman–Crippen MR) is 203 cm³/mol. The highest BCUT2D eigenvalue weighted by Crippen LogP contribution is 2.50. The summed E-state index contributed by atoms with van der Waals surface area (Å²) >= 11 is 0. The maximum absolute atomic E-state index is 5.05. The Balaban J connectivity index is 1.28. The Hall–Kier alpha value is -5.93. The molecule has 0 fully saturated rings. The van der Waals surface area contributed by atoms with E-state index in [9.17, 15) is 0 Å². The molecule has 0 spiro atoms. The molecule has 0 bridgehead atoms. The number of hydrogen-bond donors (Lipinski definition) is 0. The second kappa shape index (κ2) is 11.4. The number of aromatic nitrogens is 1. The highest BCUT2D eigenvalue weighted by atomic mass is 15.2. The quantitative estimate of drug-likeness (QED) is 0.185. The van der Waals surface area contributed by atoms with Crippen LogP contribution in [-0.4, -0.2) is 11.0 Å². The van der Waals surface area contributed by atoms with E-state index in [-0.39, 0.29) is 6.04 Å². The molecule has 1 atom stereocenters. The molecular weight excluding hydrogens is 583 g/mol. The molecule has 9 rings (SSSR count). The summed E-state index contributed by atoms with van der Waals surface area (Å²) < 4.78 is 0. The molecule has 6 aromatic carbocycles. The maximum Gasteiger partial charge on any atom is 0.138 e. The van der Waals surface area contributed by atoms with Gasteiger partial charge in [-0.1, -0.05) is 103 Å². The Labute approximate surface area is 281 Å². The van der Waals surface area contributed by atoms with Gasteiger partial charge >= 0.3 is 0 Å². The normalized spacial score (nSPS) is 14.8. The van der Waals surface area contributed by atoms with Crippen LogP contribution in [0.1, 0.15) is 29.2 Å². The van der Waals surface area contributed by atoms with Crippen molar-refractivity contribution in [3.05, 3.63) is 180 Å². The lowest BCUT2D eigenvalue weighted by Gasteiger charge is -2.39. The first-order valence-electron chi connectivity index (χ1n) is 16.7. The average molecular weight is 618 g/mol. The van der Waals surface area contributed by atoms with Gasteiger partial charge in [-0.25, -0.2) is 4.98 Å². The van der Waals surface area contributed by atoms with E-state index in [4.69, 9.17) is 4.98 Å². The van der Waals surface area contributed by atoms with E-state index in [2.05, 4.69) is 175 Å². The molecule has 0 amide bonds. The van der Waals surface area contributed by atoms with E-state index in [0.717, 1.165) is 29.0 Å². The molecule has 0 saturated heterocycles. The van der Waals surface area contributed by atoms with Crippen LogP contribution in [0, 0.1) is 6.92 Å². The Bertz CT molecular complexity index is 2350. The van der Waals surface area contributed by atoms with Crippen LogP contribution >= 0.6 is 0 Å². The number of hydrogen-bond acceptors (Lipinski definition) is 3. The summed E-state index contributed by atoms with van der Waals surface area (Å²) in [6, 6.07) is 50.1. The molecule has 1 aromatic heterocycles. The molecule has 0 aliphatic heterocycles. The van der Waals surface area contributed by atoms with Crippen molar-refractivity contribution >= 4 is 61.3 Å². The van der Waals surface area contributed by atoms with Crippen LogP contribution in [0.15, 0.2) is 158 Å². The van der Waals surface area contributed by atoms with Crippen molar-refractivity contribution in [2.75, 3.05) is 9.80 Å². The lowest BCUT2D eigenvalue weighted by molar-refractivity contribution is 0.944. The van der Waals surface area contributed by atoms with Gasteiger partial charge in [-0.2, -0.15) is 0 Å². The summed E-state index contributed by atoms with van der Waals surface area (Å²) in [4.78, 5) is 9.88. The summed E-state index contributed by atoms with van der Waals surface area (Å²) in [7, 11) is 0. The molecule has 1 unspecified atom stereocenters. The molecule has 48 heavy (non-hydrogen) atoms. The summed E-state index contributed by atoms with van der Waals surface area (Å²) in [5.74, 6) is 0.909. The number of fused-ring (bicyclic) bond motifs is 1. The van der Waals surface area contributed by atoms with Gasteiger partial charge in [-0.15, -0.1) is 0 Å². The third-order valence-electron chi connectivity index (χ3n) is 10.0. The van der Waals surface area contributed by atoms with E-state index in [0.29, 0.717) is 0 Å². The molecular formula is C45H35N3. The molecule has 2 aliphatic rings. The number of aryl methyl sites for hydroxylation is 1. The minimum atomic E-state index is 0.0531. The van der Waals surface area contributed by atoms with E-state index >= 15 is 0 Å². The van der Waals surface area contributed by atoms with Crippen molar-refractivity contribution in [1.29, 1.82) is 0 Å². The first kappa shape index (κ1) is 28.3. The fourth-order valence-corrected chi connectivity index (χ4v) is 7.80. The third kappa shape index (κ3) is 4.54. The Kier molecular flexibility index (Phi) is 6.72. The van der Waals surface area contributed by atoms with Crippen molar-refractivity contribution in [2.45, 2.75) is 26.3 Å². The molecule has 3 heteroatoms. The molecule has 0 N–H and O–H groups in total. The van der Waals surface area contributed by atoms with Crippen LogP contribution in [0.3, 0.4) is 0 Å². The van der Waals surface area contributed by atoms with Crippen molar-refractivity contribution in [3.8, 4) is 0 Å². The third-order valence-corrected chi connectivity index (χ3v) is 10.0. The van der Waals surface area contributed by atoms with Gasteiger partial charge < -0.3 is 4.90 Å².